The van der Waals surface area contributed by atoms with Crippen LogP contribution in [-0.4, -0.2) is 67.3 Å². The lowest BCUT2D eigenvalue weighted by molar-refractivity contribution is -0.149. The van der Waals surface area contributed by atoms with Crippen LogP contribution in [0, 0.1) is 26.7 Å². The number of rotatable bonds is 6. The van der Waals surface area contributed by atoms with Gasteiger partial charge in [-0.15, -0.1) is 0 Å². The first kappa shape index (κ1) is 24.3. The summed E-state index contributed by atoms with van der Waals surface area (Å²) in [4.78, 5) is 30.6. The van der Waals surface area contributed by atoms with E-state index in [0.29, 0.717) is 39.5 Å². The summed E-state index contributed by atoms with van der Waals surface area (Å²) in [7, 11) is 0. The average molecular weight is 468 g/mol. The number of aromatic nitrogens is 1. The molecule has 34 heavy (non-hydrogen) atoms. The van der Waals surface area contributed by atoms with E-state index in [1.807, 2.05) is 24.0 Å². The molecule has 1 unspecified atom stereocenters. The predicted octanol–water partition coefficient (Wildman–Crippen LogP) is 3.71. The third-order valence-corrected chi connectivity index (χ3v) is 7.18. The number of likely N-dealkylation sites (tertiary alicyclic amines) is 1. The van der Waals surface area contributed by atoms with Crippen molar-refractivity contribution in [1.29, 1.82) is 0 Å². The molecule has 2 aliphatic rings. The van der Waals surface area contributed by atoms with E-state index in [2.05, 4.69) is 42.4 Å². The van der Waals surface area contributed by atoms with Gasteiger partial charge in [-0.3, -0.25) is 9.59 Å². The third-order valence-electron chi connectivity index (χ3n) is 7.18. The van der Waals surface area contributed by atoms with Gasteiger partial charge in [-0.25, -0.2) is 0 Å². The highest BCUT2D eigenvalue weighted by Crippen LogP contribution is 2.34. The number of anilines is 1. The number of aryl methyl sites for hydroxylation is 1. The fourth-order valence-corrected chi connectivity index (χ4v) is 5.33. The fourth-order valence-electron chi connectivity index (χ4n) is 5.33. The van der Waals surface area contributed by atoms with E-state index >= 15 is 0 Å². The molecule has 0 spiro atoms. The second kappa shape index (κ2) is 10.6. The van der Waals surface area contributed by atoms with Gasteiger partial charge in [0.15, 0.2) is 0 Å². The van der Waals surface area contributed by atoms with Gasteiger partial charge in [0, 0.05) is 44.0 Å². The summed E-state index contributed by atoms with van der Waals surface area (Å²) >= 11 is 0. The van der Waals surface area contributed by atoms with Crippen LogP contribution < -0.4 is 4.90 Å². The maximum absolute atomic E-state index is 14.0. The minimum Gasteiger partial charge on any atom is -0.466 e. The molecule has 1 aromatic carbocycles. The van der Waals surface area contributed by atoms with Gasteiger partial charge in [0.2, 0.25) is 0 Å². The van der Waals surface area contributed by atoms with E-state index in [9.17, 15) is 9.59 Å². The molecule has 2 aliphatic heterocycles. The largest absolute Gasteiger partial charge is 0.466 e. The molecule has 3 heterocycles. The van der Waals surface area contributed by atoms with E-state index in [1.165, 1.54) is 11.1 Å². The van der Waals surface area contributed by atoms with Crippen molar-refractivity contribution in [2.45, 2.75) is 47.1 Å². The van der Waals surface area contributed by atoms with E-state index < -0.39 is 0 Å². The molecule has 7 heteroatoms. The summed E-state index contributed by atoms with van der Waals surface area (Å²) in [6.45, 7) is 13.2. The highest BCUT2D eigenvalue weighted by molar-refractivity contribution is 5.97. The van der Waals surface area contributed by atoms with E-state index in [0.717, 1.165) is 48.6 Å². The lowest BCUT2D eigenvalue weighted by atomic mass is 9.97. The molecule has 184 valence electrons. The van der Waals surface area contributed by atoms with E-state index in [1.54, 1.807) is 0 Å². The Balaban J connectivity index is 1.71. The Bertz CT molecular complexity index is 1040. The Morgan fingerprint density at radius 2 is 1.82 bits per heavy atom. The summed E-state index contributed by atoms with van der Waals surface area (Å²) in [5.41, 5.74) is 6.39. The second-order valence-electron chi connectivity index (χ2n) is 9.36. The van der Waals surface area contributed by atoms with Crippen LogP contribution in [0.1, 0.15) is 52.6 Å². The standard InChI is InChI=1S/C27H37N3O4/c1-5-34-27(32)23-11-8-12-29(17-23)26(31)25-20(3)24(28-13-15-33-16-14-28)21(4)30(25)18-22-10-7-6-9-19(22)2/h6-7,9-10,23H,5,8,11-18H2,1-4H3. The minimum atomic E-state index is -0.252. The highest BCUT2D eigenvalue weighted by Gasteiger charge is 2.34. The third kappa shape index (κ3) is 4.85. The van der Waals surface area contributed by atoms with Gasteiger partial charge >= 0.3 is 5.97 Å². The SMILES string of the molecule is CCOC(=O)C1CCCN(C(=O)c2c(C)c(N3CCOCC3)c(C)n2Cc2ccccc2C)C1. The zero-order valence-electron chi connectivity index (χ0n) is 20.9. The van der Waals surface area contributed by atoms with Crippen LogP contribution in [0.5, 0.6) is 0 Å². The normalized spacial score (nSPS) is 18.8. The quantitative estimate of drug-likeness (QED) is 0.606. The smallest absolute Gasteiger partial charge is 0.310 e. The second-order valence-corrected chi connectivity index (χ2v) is 9.36. The minimum absolute atomic E-state index is 0.00249. The van der Waals surface area contributed by atoms with Crippen LogP contribution in [0.3, 0.4) is 0 Å². The van der Waals surface area contributed by atoms with Crippen LogP contribution in [-0.2, 0) is 20.8 Å². The van der Waals surface area contributed by atoms with Crippen molar-refractivity contribution in [3.63, 3.8) is 0 Å². The molecule has 1 amide bonds. The van der Waals surface area contributed by atoms with Crippen LogP contribution in [0.4, 0.5) is 5.69 Å². The Labute approximate surface area is 202 Å². The number of nitrogens with zero attached hydrogens (tertiary/aromatic N) is 3. The summed E-state index contributed by atoms with van der Waals surface area (Å²) < 4.78 is 13.0. The van der Waals surface area contributed by atoms with Gasteiger partial charge in [-0.2, -0.15) is 0 Å². The number of esters is 1. The van der Waals surface area contributed by atoms with Gasteiger partial charge < -0.3 is 23.8 Å². The number of piperidine rings is 1. The van der Waals surface area contributed by atoms with Crippen molar-refractivity contribution in [3.8, 4) is 0 Å². The number of hydrogen-bond donors (Lipinski definition) is 0. The number of morpholine rings is 1. The highest BCUT2D eigenvalue weighted by atomic mass is 16.5. The van der Waals surface area contributed by atoms with Crippen molar-refractivity contribution >= 4 is 17.6 Å². The molecule has 7 nitrogen and oxygen atoms in total. The molecule has 0 aliphatic carbocycles. The van der Waals surface area contributed by atoms with Gasteiger partial charge in [0.25, 0.3) is 5.91 Å². The molecule has 2 aromatic rings. The maximum Gasteiger partial charge on any atom is 0.310 e. The molecule has 0 bridgehead atoms. The Kier molecular flexibility index (Phi) is 7.61. The zero-order valence-corrected chi connectivity index (χ0v) is 20.9. The van der Waals surface area contributed by atoms with Crippen LogP contribution in [0.15, 0.2) is 24.3 Å². The molecule has 2 fully saturated rings. The van der Waals surface area contributed by atoms with Gasteiger partial charge in [-0.05, 0) is 51.7 Å². The summed E-state index contributed by atoms with van der Waals surface area (Å²) in [6, 6.07) is 8.33. The molecule has 4 rings (SSSR count). The van der Waals surface area contributed by atoms with Crippen molar-refractivity contribution in [1.82, 2.24) is 9.47 Å². The first-order chi connectivity index (χ1) is 16.4. The fraction of sp³-hybridized carbons (Fsp3) is 0.556. The lowest BCUT2D eigenvalue weighted by Gasteiger charge is -2.32. The zero-order chi connectivity index (χ0) is 24.2. The predicted molar refractivity (Wildman–Crippen MR) is 132 cm³/mol. The van der Waals surface area contributed by atoms with Crippen molar-refractivity contribution in [3.05, 3.63) is 52.3 Å². The van der Waals surface area contributed by atoms with Crippen molar-refractivity contribution in [2.75, 3.05) is 50.9 Å². The van der Waals surface area contributed by atoms with Crippen molar-refractivity contribution < 1.29 is 19.1 Å². The number of ether oxygens (including phenoxy) is 2. The van der Waals surface area contributed by atoms with Crippen molar-refractivity contribution in [2.24, 2.45) is 5.92 Å². The van der Waals surface area contributed by atoms with E-state index in [4.69, 9.17) is 9.47 Å². The number of hydrogen-bond acceptors (Lipinski definition) is 5. The molecule has 0 radical (unpaired) electrons. The molecular weight excluding hydrogens is 430 g/mol. The van der Waals surface area contributed by atoms with Gasteiger partial charge in [-0.1, -0.05) is 24.3 Å². The molecule has 1 atom stereocenters. The summed E-state index contributed by atoms with van der Waals surface area (Å²) in [6.07, 6.45) is 1.58. The monoisotopic (exact) mass is 467 g/mol. The van der Waals surface area contributed by atoms with Crippen LogP contribution in [0.2, 0.25) is 0 Å². The number of amides is 1. The molecule has 0 N–H and O–H groups in total. The first-order valence-corrected chi connectivity index (χ1v) is 12.4. The molecule has 0 saturated carbocycles. The summed E-state index contributed by atoms with van der Waals surface area (Å²) in [5, 5.41) is 0. The Morgan fingerprint density at radius 3 is 2.53 bits per heavy atom. The van der Waals surface area contributed by atoms with Crippen LogP contribution in [0.25, 0.3) is 0 Å². The first-order valence-electron chi connectivity index (χ1n) is 12.4. The topological polar surface area (TPSA) is 64.0 Å². The average Bonchev–Trinajstić information content (AvgIpc) is 3.09. The Morgan fingerprint density at radius 1 is 1.09 bits per heavy atom. The number of benzene rings is 1. The van der Waals surface area contributed by atoms with Crippen LogP contribution >= 0.6 is 0 Å². The maximum atomic E-state index is 14.0. The Hall–Kier alpha value is -2.80. The van der Waals surface area contributed by atoms with Gasteiger partial charge in [0.05, 0.1) is 31.4 Å². The lowest BCUT2D eigenvalue weighted by Crippen LogP contribution is -2.43. The van der Waals surface area contributed by atoms with E-state index in [-0.39, 0.29) is 17.8 Å². The number of carbonyl (C=O) groups is 2. The van der Waals surface area contributed by atoms with Gasteiger partial charge in [0.1, 0.15) is 5.69 Å². The number of carbonyl (C=O) groups excluding carboxylic acids is 2. The summed E-state index contributed by atoms with van der Waals surface area (Å²) in [5.74, 6) is -0.447. The molecule has 1 aromatic heterocycles. The molecular formula is C27H37N3O4. The molecule has 2 saturated heterocycles.